The smallest absolute Gasteiger partial charge is 0.158 e. The lowest BCUT2D eigenvalue weighted by molar-refractivity contribution is 0.398. The quantitative estimate of drug-likeness (QED) is 0.739. The largest absolute Gasteiger partial charge is 0.361 e. The third-order valence-corrected chi connectivity index (χ3v) is 2.99. The first kappa shape index (κ1) is 8.65. The van der Waals surface area contributed by atoms with Gasteiger partial charge in [0.15, 0.2) is 3.95 Å². The highest BCUT2D eigenvalue weighted by molar-refractivity contribution is 7.73. The van der Waals surface area contributed by atoms with Gasteiger partial charge in [-0.15, -0.1) is 11.3 Å². The summed E-state index contributed by atoms with van der Waals surface area (Å²) in [6.07, 6.45) is 0. The van der Waals surface area contributed by atoms with Crippen molar-refractivity contribution in [3.63, 3.8) is 0 Å². The molecule has 0 aliphatic rings. The second-order valence-corrected chi connectivity index (χ2v) is 4.32. The summed E-state index contributed by atoms with van der Waals surface area (Å²) in [6, 6.07) is 0. The lowest BCUT2D eigenvalue weighted by Crippen LogP contribution is -1.80. The van der Waals surface area contributed by atoms with Crippen LogP contribution in [0.2, 0.25) is 0 Å². The molecule has 0 unspecified atom stereocenters. The van der Waals surface area contributed by atoms with Gasteiger partial charge >= 0.3 is 0 Å². The molecule has 2 aromatic heterocycles. The Kier molecular flexibility index (Phi) is 2.05. The first-order chi connectivity index (χ1) is 6.18. The third-order valence-electron chi connectivity index (χ3n) is 1.93. The molecule has 2 heterocycles. The van der Waals surface area contributed by atoms with Gasteiger partial charge in [-0.05, 0) is 26.1 Å². The van der Waals surface area contributed by atoms with Gasteiger partial charge in [-0.1, -0.05) is 5.16 Å². The summed E-state index contributed by atoms with van der Waals surface area (Å²) in [5.41, 5.74) is 2.85. The summed E-state index contributed by atoms with van der Waals surface area (Å²) in [5.74, 6) is 0.848. The SMILES string of the molecule is Cc1onc(-c2csc(=S)[nH]2)c1C. The number of aromatic nitrogens is 2. The van der Waals surface area contributed by atoms with Crippen LogP contribution < -0.4 is 0 Å². The predicted octanol–water partition coefficient (Wildman–Crippen LogP) is 3.08. The molecule has 5 heteroatoms. The molecule has 3 nitrogen and oxygen atoms in total. The molecular weight excluding hydrogens is 204 g/mol. The van der Waals surface area contributed by atoms with Gasteiger partial charge in [0.2, 0.25) is 0 Å². The van der Waals surface area contributed by atoms with Gasteiger partial charge in [-0.25, -0.2) is 0 Å². The Labute approximate surface area is 84.4 Å². The molecule has 0 aliphatic carbocycles. The van der Waals surface area contributed by atoms with Crippen LogP contribution in [0, 0.1) is 17.8 Å². The first-order valence-corrected chi connectivity index (χ1v) is 5.08. The Bertz CT molecular complexity index is 480. The van der Waals surface area contributed by atoms with E-state index < -0.39 is 0 Å². The minimum Gasteiger partial charge on any atom is -0.361 e. The van der Waals surface area contributed by atoms with E-state index in [9.17, 15) is 0 Å². The molecular formula is C8H8N2OS2. The van der Waals surface area contributed by atoms with Gasteiger partial charge in [0, 0.05) is 10.9 Å². The zero-order chi connectivity index (χ0) is 9.42. The highest BCUT2D eigenvalue weighted by atomic mass is 32.1. The summed E-state index contributed by atoms with van der Waals surface area (Å²) in [5, 5.41) is 5.90. The zero-order valence-electron chi connectivity index (χ0n) is 7.25. The van der Waals surface area contributed by atoms with Crippen molar-refractivity contribution < 1.29 is 4.52 Å². The molecule has 2 rings (SSSR count). The summed E-state index contributed by atoms with van der Waals surface area (Å²) in [6.45, 7) is 3.88. The summed E-state index contributed by atoms with van der Waals surface area (Å²) in [4.78, 5) is 3.06. The van der Waals surface area contributed by atoms with Gasteiger partial charge in [0.1, 0.15) is 11.5 Å². The topological polar surface area (TPSA) is 41.8 Å². The van der Waals surface area contributed by atoms with Crippen molar-refractivity contribution in [2.24, 2.45) is 0 Å². The fourth-order valence-electron chi connectivity index (χ4n) is 1.07. The van der Waals surface area contributed by atoms with Crippen LogP contribution in [-0.2, 0) is 0 Å². The minimum atomic E-state index is 0.759. The number of hydrogen-bond donors (Lipinski definition) is 1. The van der Waals surface area contributed by atoms with E-state index in [0.29, 0.717) is 0 Å². The van der Waals surface area contributed by atoms with Crippen molar-refractivity contribution in [1.29, 1.82) is 0 Å². The molecule has 0 aromatic carbocycles. The number of thiazole rings is 1. The Morgan fingerprint density at radius 2 is 2.31 bits per heavy atom. The molecule has 1 N–H and O–H groups in total. The lowest BCUT2D eigenvalue weighted by atomic mass is 10.2. The Morgan fingerprint density at radius 1 is 1.54 bits per heavy atom. The van der Waals surface area contributed by atoms with Crippen LogP contribution in [-0.4, -0.2) is 10.1 Å². The van der Waals surface area contributed by atoms with Gasteiger partial charge < -0.3 is 9.51 Å². The van der Waals surface area contributed by atoms with E-state index >= 15 is 0 Å². The lowest BCUT2D eigenvalue weighted by Gasteiger charge is -1.89. The third kappa shape index (κ3) is 1.45. The highest BCUT2D eigenvalue weighted by Crippen LogP contribution is 2.24. The second kappa shape index (κ2) is 3.08. The minimum absolute atomic E-state index is 0.759. The predicted molar refractivity (Wildman–Crippen MR) is 54.5 cm³/mol. The molecule has 0 aliphatic heterocycles. The molecule has 0 atom stereocenters. The van der Waals surface area contributed by atoms with Crippen LogP contribution in [0.5, 0.6) is 0 Å². The second-order valence-electron chi connectivity index (χ2n) is 2.77. The standard InChI is InChI=1S/C8H8N2OS2/c1-4-5(2)11-10-7(4)6-3-13-8(12)9-6/h3H,1-2H3,(H,9,12). The molecule has 0 bridgehead atoms. The van der Waals surface area contributed by atoms with E-state index in [4.69, 9.17) is 16.7 Å². The van der Waals surface area contributed by atoms with Crippen LogP contribution in [0.4, 0.5) is 0 Å². The van der Waals surface area contributed by atoms with E-state index in [-0.39, 0.29) is 0 Å². The van der Waals surface area contributed by atoms with E-state index in [1.54, 1.807) is 0 Å². The Morgan fingerprint density at radius 3 is 2.77 bits per heavy atom. The molecule has 0 amide bonds. The highest BCUT2D eigenvalue weighted by Gasteiger charge is 2.10. The van der Waals surface area contributed by atoms with E-state index in [1.165, 1.54) is 11.3 Å². The van der Waals surface area contributed by atoms with Crippen molar-refractivity contribution in [2.45, 2.75) is 13.8 Å². The number of H-pyrrole nitrogens is 1. The number of nitrogens with zero attached hydrogens (tertiary/aromatic N) is 1. The fourth-order valence-corrected chi connectivity index (χ4v) is 1.88. The fraction of sp³-hybridized carbons (Fsp3) is 0.250. The maximum atomic E-state index is 5.06. The molecule has 0 radical (unpaired) electrons. The molecule has 68 valence electrons. The molecule has 2 aromatic rings. The number of aromatic amines is 1. The van der Waals surface area contributed by atoms with Crippen molar-refractivity contribution >= 4 is 23.6 Å². The van der Waals surface area contributed by atoms with Crippen molar-refractivity contribution in [3.05, 3.63) is 20.7 Å². The van der Waals surface area contributed by atoms with Gasteiger partial charge in [-0.2, -0.15) is 0 Å². The summed E-state index contributed by atoms with van der Waals surface area (Å²) < 4.78 is 5.82. The zero-order valence-corrected chi connectivity index (χ0v) is 8.88. The monoisotopic (exact) mass is 212 g/mol. The van der Waals surface area contributed by atoms with E-state index in [0.717, 1.165) is 26.7 Å². The van der Waals surface area contributed by atoms with E-state index in [2.05, 4.69) is 10.1 Å². The van der Waals surface area contributed by atoms with Crippen LogP contribution in [0.15, 0.2) is 9.90 Å². The molecule has 0 saturated heterocycles. The Hall–Kier alpha value is -0.940. The number of hydrogen-bond acceptors (Lipinski definition) is 4. The van der Waals surface area contributed by atoms with Gasteiger partial charge in [0.05, 0.1) is 5.69 Å². The first-order valence-electron chi connectivity index (χ1n) is 3.79. The molecule has 0 fully saturated rings. The number of rotatable bonds is 1. The molecule has 13 heavy (non-hydrogen) atoms. The van der Waals surface area contributed by atoms with E-state index in [1.807, 2.05) is 19.2 Å². The average molecular weight is 212 g/mol. The van der Waals surface area contributed by atoms with Gasteiger partial charge in [-0.3, -0.25) is 0 Å². The van der Waals surface area contributed by atoms with Gasteiger partial charge in [0.25, 0.3) is 0 Å². The van der Waals surface area contributed by atoms with Crippen LogP contribution in [0.25, 0.3) is 11.4 Å². The van der Waals surface area contributed by atoms with Crippen LogP contribution >= 0.6 is 23.6 Å². The number of nitrogens with one attached hydrogen (secondary N) is 1. The van der Waals surface area contributed by atoms with Crippen LogP contribution in [0.1, 0.15) is 11.3 Å². The Balaban J connectivity index is 2.58. The summed E-state index contributed by atoms with van der Waals surface area (Å²) >= 11 is 6.48. The average Bonchev–Trinajstić information content (AvgIpc) is 2.62. The van der Waals surface area contributed by atoms with Crippen molar-refractivity contribution in [2.75, 3.05) is 0 Å². The van der Waals surface area contributed by atoms with Crippen molar-refractivity contribution in [1.82, 2.24) is 10.1 Å². The molecule has 0 saturated carbocycles. The number of aryl methyl sites for hydroxylation is 1. The maximum absolute atomic E-state index is 5.06. The molecule has 0 spiro atoms. The van der Waals surface area contributed by atoms with Crippen molar-refractivity contribution in [3.8, 4) is 11.4 Å². The normalized spacial score (nSPS) is 10.6. The summed E-state index contributed by atoms with van der Waals surface area (Å²) in [7, 11) is 0. The maximum Gasteiger partial charge on any atom is 0.158 e. The van der Waals surface area contributed by atoms with Crippen LogP contribution in [0.3, 0.4) is 0 Å².